The van der Waals surface area contributed by atoms with Crippen molar-refractivity contribution in [3.8, 4) is 0 Å². The Hall–Kier alpha value is -1.56. The summed E-state index contributed by atoms with van der Waals surface area (Å²) in [6.45, 7) is 6.38. The van der Waals surface area contributed by atoms with Gasteiger partial charge in [0.25, 0.3) is 0 Å². The summed E-state index contributed by atoms with van der Waals surface area (Å²) in [6.07, 6.45) is 0. The molecule has 0 aliphatic carbocycles. The maximum atomic E-state index is 12.2. The van der Waals surface area contributed by atoms with E-state index in [0.29, 0.717) is 10.6 Å². The molecular weight excluding hydrogens is 344 g/mol. The van der Waals surface area contributed by atoms with Crippen molar-refractivity contribution in [2.45, 2.75) is 26.1 Å². The lowest BCUT2D eigenvalue weighted by molar-refractivity contribution is 0.580. The van der Waals surface area contributed by atoms with Crippen LogP contribution in [0.3, 0.4) is 0 Å². The molecule has 0 fully saturated rings. The van der Waals surface area contributed by atoms with Crippen LogP contribution < -0.4 is 9.62 Å². The number of hydrogen-bond acceptors (Lipinski definition) is 3. The molecule has 0 saturated heterocycles. The fourth-order valence-corrected chi connectivity index (χ4v) is 3.91. The summed E-state index contributed by atoms with van der Waals surface area (Å²) in [5.74, 6) is -0.121. The van der Waals surface area contributed by atoms with Crippen molar-refractivity contribution in [1.82, 2.24) is 4.72 Å². The first-order chi connectivity index (χ1) is 11.4. The number of rotatable bonds is 8. The molecule has 0 amide bonds. The number of nitrogens with one attached hydrogen (secondary N) is 1. The van der Waals surface area contributed by atoms with Gasteiger partial charge >= 0.3 is 0 Å². The molecule has 4 nitrogen and oxygen atoms in total. The predicted octanol–water partition coefficient (Wildman–Crippen LogP) is 3.81. The zero-order valence-corrected chi connectivity index (χ0v) is 15.6. The lowest BCUT2D eigenvalue weighted by atomic mass is 10.2. The van der Waals surface area contributed by atoms with Gasteiger partial charge in [0.2, 0.25) is 10.0 Å². The number of nitrogens with zero attached hydrogens (tertiary/aromatic N) is 1. The first kappa shape index (κ1) is 18.8. The largest absolute Gasteiger partial charge is 0.372 e. The van der Waals surface area contributed by atoms with Gasteiger partial charge in [-0.2, -0.15) is 0 Å². The highest BCUT2D eigenvalue weighted by molar-refractivity contribution is 7.88. The van der Waals surface area contributed by atoms with Gasteiger partial charge < -0.3 is 4.90 Å². The van der Waals surface area contributed by atoms with Gasteiger partial charge in [0, 0.05) is 30.3 Å². The van der Waals surface area contributed by atoms with E-state index in [1.807, 2.05) is 24.3 Å². The number of halogens is 1. The number of hydrogen-bond donors (Lipinski definition) is 1. The highest BCUT2D eigenvalue weighted by Crippen LogP contribution is 2.18. The molecule has 130 valence electrons. The van der Waals surface area contributed by atoms with Crippen LogP contribution in [0.5, 0.6) is 0 Å². The van der Waals surface area contributed by atoms with Crippen LogP contribution in [-0.4, -0.2) is 21.5 Å². The second-order valence-electron chi connectivity index (χ2n) is 5.51. The Kier molecular flexibility index (Phi) is 6.66. The Bertz CT molecular complexity index is 757. The fourth-order valence-electron chi connectivity index (χ4n) is 2.48. The van der Waals surface area contributed by atoms with Gasteiger partial charge in [-0.3, -0.25) is 0 Å². The third-order valence-electron chi connectivity index (χ3n) is 3.86. The van der Waals surface area contributed by atoms with Gasteiger partial charge in [-0.25, -0.2) is 13.1 Å². The Morgan fingerprint density at radius 3 is 2.21 bits per heavy atom. The number of benzene rings is 2. The molecule has 24 heavy (non-hydrogen) atoms. The Morgan fingerprint density at radius 1 is 1.00 bits per heavy atom. The van der Waals surface area contributed by atoms with Crippen LogP contribution in [0.15, 0.2) is 48.5 Å². The maximum absolute atomic E-state index is 12.2. The minimum absolute atomic E-state index is 0.121. The standard InChI is InChI=1S/C18H23ClN2O2S/c1-3-21(4-2)17-11-9-15(10-12-17)13-20-24(22,23)14-16-7-5-6-8-18(16)19/h5-12,20H,3-4,13-14H2,1-2H3. The normalized spacial score (nSPS) is 11.5. The van der Waals surface area contributed by atoms with Gasteiger partial charge in [0.05, 0.1) is 5.75 Å². The third kappa shape index (κ3) is 5.23. The van der Waals surface area contributed by atoms with Gasteiger partial charge in [0.1, 0.15) is 0 Å². The van der Waals surface area contributed by atoms with E-state index < -0.39 is 10.0 Å². The Balaban J connectivity index is 1.98. The summed E-state index contributed by atoms with van der Waals surface area (Å²) in [4.78, 5) is 2.24. The highest BCUT2D eigenvalue weighted by atomic mass is 35.5. The van der Waals surface area contributed by atoms with Crippen LogP contribution in [0.2, 0.25) is 5.02 Å². The molecular formula is C18H23ClN2O2S. The van der Waals surface area contributed by atoms with Crippen LogP contribution in [-0.2, 0) is 22.3 Å². The van der Waals surface area contributed by atoms with Gasteiger partial charge in [0.15, 0.2) is 0 Å². The molecule has 0 bridgehead atoms. The van der Waals surface area contributed by atoms with Crippen molar-refractivity contribution in [3.05, 3.63) is 64.7 Å². The zero-order valence-electron chi connectivity index (χ0n) is 14.0. The van der Waals surface area contributed by atoms with Gasteiger partial charge in [-0.15, -0.1) is 0 Å². The molecule has 6 heteroatoms. The van der Waals surface area contributed by atoms with E-state index in [4.69, 9.17) is 11.6 Å². The molecule has 0 heterocycles. The number of anilines is 1. The quantitative estimate of drug-likeness (QED) is 0.772. The van der Waals surface area contributed by atoms with Crippen LogP contribution in [0, 0.1) is 0 Å². The van der Waals surface area contributed by atoms with Crippen LogP contribution in [0.1, 0.15) is 25.0 Å². The summed E-state index contributed by atoms with van der Waals surface area (Å²) in [6, 6.07) is 14.9. The molecule has 0 radical (unpaired) electrons. The second kappa shape index (κ2) is 8.51. The van der Waals surface area contributed by atoms with E-state index in [1.165, 1.54) is 0 Å². The SMILES string of the molecule is CCN(CC)c1ccc(CNS(=O)(=O)Cc2ccccc2Cl)cc1. The first-order valence-corrected chi connectivity index (χ1v) is 10.0. The van der Waals surface area contributed by atoms with Gasteiger partial charge in [-0.05, 0) is 43.2 Å². The third-order valence-corrected chi connectivity index (χ3v) is 5.51. The van der Waals surface area contributed by atoms with Crippen molar-refractivity contribution in [2.75, 3.05) is 18.0 Å². The summed E-state index contributed by atoms with van der Waals surface area (Å²) >= 11 is 6.03. The molecule has 2 aromatic carbocycles. The average Bonchev–Trinajstić information content (AvgIpc) is 2.57. The first-order valence-electron chi connectivity index (χ1n) is 7.99. The summed E-state index contributed by atoms with van der Waals surface area (Å²) in [7, 11) is -3.44. The van der Waals surface area contributed by atoms with E-state index in [-0.39, 0.29) is 12.3 Å². The van der Waals surface area contributed by atoms with Crippen molar-refractivity contribution < 1.29 is 8.42 Å². The van der Waals surface area contributed by atoms with Crippen molar-refractivity contribution in [2.24, 2.45) is 0 Å². The minimum Gasteiger partial charge on any atom is -0.372 e. The smallest absolute Gasteiger partial charge is 0.216 e. The molecule has 2 aromatic rings. The van der Waals surface area contributed by atoms with Crippen LogP contribution in [0.25, 0.3) is 0 Å². The molecule has 0 spiro atoms. The van der Waals surface area contributed by atoms with Crippen molar-refractivity contribution >= 4 is 27.3 Å². The minimum atomic E-state index is -3.44. The Labute approximate surface area is 149 Å². The predicted molar refractivity (Wildman–Crippen MR) is 101 cm³/mol. The molecule has 2 rings (SSSR count). The van der Waals surface area contributed by atoms with E-state index >= 15 is 0 Å². The highest BCUT2D eigenvalue weighted by Gasteiger charge is 2.13. The topological polar surface area (TPSA) is 49.4 Å². The van der Waals surface area contributed by atoms with Crippen LogP contribution in [0.4, 0.5) is 5.69 Å². The van der Waals surface area contributed by atoms with Crippen molar-refractivity contribution in [1.29, 1.82) is 0 Å². The zero-order chi connectivity index (χ0) is 17.6. The molecule has 0 unspecified atom stereocenters. The maximum Gasteiger partial charge on any atom is 0.216 e. The van der Waals surface area contributed by atoms with Crippen LogP contribution >= 0.6 is 11.6 Å². The van der Waals surface area contributed by atoms with E-state index in [1.54, 1.807) is 24.3 Å². The van der Waals surface area contributed by atoms with E-state index in [9.17, 15) is 8.42 Å². The molecule has 0 aliphatic heterocycles. The molecule has 0 atom stereocenters. The summed E-state index contributed by atoms with van der Waals surface area (Å²) in [5, 5.41) is 0.464. The van der Waals surface area contributed by atoms with Gasteiger partial charge in [-0.1, -0.05) is 41.9 Å². The Morgan fingerprint density at radius 2 is 1.62 bits per heavy atom. The lowest BCUT2D eigenvalue weighted by Crippen LogP contribution is -2.25. The number of sulfonamides is 1. The average molecular weight is 367 g/mol. The summed E-state index contributed by atoms with van der Waals surface area (Å²) < 4.78 is 27.1. The lowest BCUT2D eigenvalue weighted by Gasteiger charge is -2.21. The molecule has 1 N–H and O–H groups in total. The van der Waals surface area contributed by atoms with E-state index in [0.717, 1.165) is 24.3 Å². The molecule has 0 saturated carbocycles. The summed E-state index contributed by atoms with van der Waals surface area (Å²) in [5.41, 5.74) is 2.67. The molecule has 0 aliphatic rings. The monoisotopic (exact) mass is 366 g/mol. The second-order valence-corrected chi connectivity index (χ2v) is 7.72. The van der Waals surface area contributed by atoms with E-state index in [2.05, 4.69) is 23.5 Å². The van der Waals surface area contributed by atoms with Crippen molar-refractivity contribution in [3.63, 3.8) is 0 Å². The molecule has 0 aromatic heterocycles. The fraction of sp³-hybridized carbons (Fsp3) is 0.333.